The van der Waals surface area contributed by atoms with Gasteiger partial charge in [-0.1, -0.05) is 49.4 Å². The molecule has 0 radical (unpaired) electrons. The number of thiazole rings is 1. The van der Waals surface area contributed by atoms with Crippen molar-refractivity contribution in [2.24, 2.45) is 4.99 Å². The van der Waals surface area contributed by atoms with Crippen LogP contribution in [0.5, 0.6) is 5.75 Å². The topological polar surface area (TPSA) is 45.5 Å². The minimum absolute atomic E-state index is 0.237. The molecule has 1 saturated carbocycles. The Bertz CT molecular complexity index is 895. The van der Waals surface area contributed by atoms with E-state index in [2.05, 4.69) is 52.6 Å². The summed E-state index contributed by atoms with van der Waals surface area (Å²) in [6, 6.07) is 17.9. The lowest BCUT2D eigenvalue weighted by atomic mass is 9.59. The molecule has 1 heterocycles. The first-order chi connectivity index (χ1) is 12.1. The monoisotopic (exact) mass is 348 g/mol. The highest BCUT2D eigenvalue weighted by Gasteiger charge is 2.42. The normalized spacial score (nSPS) is 22.8. The fourth-order valence-corrected chi connectivity index (χ4v) is 4.30. The van der Waals surface area contributed by atoms with E-state index < -0.39 is 0 Å². The maximum Gasteiger partial charge on any atom is 0.209 e. The van der Waals surface area contributed by atoms with E-state index >= 15 is 0 Å². The SMILES string of the molecule is CC1(c2ccccc2)CC(c2csc(N=Cc3ccccc3O)n2)C1. The third kappa shape index (κ3) is 3.22. The lowest BCUT2D eigenvalue weighted by Gasteiger charge is -2.45. The number of hydrogen-bond acceptors (Lipinski definition) is 4. The first-order valence-corrected chi connectivity index (χ1v) is 9.35. The summed E-state index contributed by atoms with van der Waals surface area (Å²) in [6.07, 6.45) is 3.93. The van der Waals surface area contributed by atoms with Gasteiger partial charge in [-0.15, -0.1) is 11.3 Å². The fourth-order valence-electron chi connectivity index (χ4n) is 3.56. The van der Waals surface area contributed by atoms with Crippen LogP contribution in [-0.2, 0) is 5.41 Å². The van der Waals surface area contributed by atoms with Gasteiger partial charge in [0.15, 0.2) is 0 Å². The van der Waals surface area contributed by atoms with Gasteiger partial charge < -0.3 is 5.11 Å². The van der Waals surface area contributed by atoms with Crippen LogP contribution in [0.4, 0.5) is 5.13 Å². The summed E-state index contributed by atoms with van der Waals surface area (Å²) < 4.78 is 0. The first-order valence-electron chi connectivity index (χ1n) is 8.47. The number of nitrogens with zero attached hydrogens (tertiary/aromatic N) is 2. The number of aromatic hydroxyl groups is 1. The Morgan fingerprint density at radius 2 is 1.84 bits per heavy atom. The molecule has 3 aromatic rings. The van der Waals surface area contributed by atoms with E-state index in [-0.39, 0.29) is 11.2 Å². The van der Waals surface area contributed by atoms with Crippen LogP contribution in [0.15, 0.2) is 65.0 Å². The van der Waals surface area contributed by atoms with E-state index in [0.29, 0.717) is 11.5 Å². The lowest BCUT2D eigenvalue weighted by Crippen LogP contribution is -2.37. The van der Waals surface area contributed by atoms with Gasteiger partial charge in [-0.3, -0.25) is 0 Å². The van der Waals surface area contributed by atoms with Crippen LogP contribution in [0.1, 0.15) is 42.5 Å². The molecule has 0 amide bonds. The maximum absolute atomic E-state index is 9.79. The third-order valence-electron chi connectivity index (χ3n) is 5.04. The number of hydrogen-bond donors (Lipinski definition) is 1. The van der Waals surface area contributed by atoms with Crippen molar-refractivity contribution < 1.29 is 5.11 Å². The first kappa shape index (κ1) is 16.0. The highest BCUT2D eigenvalue weighted by Crippen LogP contribution is 2.52. The molecule has 1 aliphatic carbocycles. The average Bonchev–Trinajstić information content (AvgIpc) is 3.08. The van der Waals surface area contributed by atoms with E-state index in [1.54, 1.807) is 29.7 Å². The Kier molecular flexibility index (Phi) is 4.14. The van der Waals surface area contributed by atoms with Gasteiger partial charge >= 0.3 is 0 Å². The number of aliphatic imine (C=N–C) groups is 1. The Labute approximate surface area is 151 Å². The number of benzene rings is 2. The Morgan fingerprint density at radius 3 is 2.60 bits per heavy atom. The number of phenolic OH excluding ortho intramolecular Hbond substituents is 1. The summed E-state index contributed by atoms with van der Waals surface area (Å²) in [5, 5.41) is 12.6. The lowest BCUT2D eigenvalue weighted by molar-refractivity contribution is 0.222. The second kappa shape index (κ2) is 6.45. The zero-order chi connectivity index (χ0) is 17.3. The number of para-hydroxylation sites is 1. The molecule has 3 nitrogen and oxygen atoms in total. The average molecular weight is 348 g/mol. The largest absolute Gasteiger partial charge is 0.507 e. The second-order valence-corrected chi connectivity index (χ2v) is 7.74. The van der Waals surface area contributed by atoms with Crippen molar-refractivity contribution in [2.45, 2.75) is 31.1 Å². The van der Waals surface area contributed by atoms with E-state index in [0.717, 1.165) is 23.7 Å². The van der Waals surface area contributed by atoms with Crippen molar-refractivity contribution in [3.63, 3.8) is 0 Å². The van der Waals surface area contributed by atoms with Crippen LogP contribution < -0.4 is 0 Å². The molecular formula is C21H20N2OS. The molecule has 1 aliphatic rings. The van der Waals surface area contributed by atoms with Crippen molar-refractivity contribution in [1.29, 1.82) is 0 Å². The molecule has 0 aliphatic heterocycles. The molecule has 1 N–H and O–H groups in total. The van der Waals surface area contributed by atoms with Crippen molar-refractivity contribution in [2.75, 3.05) is 0 Å². The van der Waals surface area contributed by atoms with Crippen molar-refractivity contribution in [3.05, 3.63) is 76.8 Å². The predicted molar refractivity (Wildman–Crippen MR) is 103 cm³/mol. The summed E-state index contributed by atoms with van der Waals surface area (Å²) in [4.78, 5) is 9.09. The molecular weight excluding hydrogens is 328 g/mol. The van der Waals surface area contributed by atoms with Crippen LogP contribution in [-0.4, -0.2) is 16.3 Å². The van der Waals surface area contributed by atoms with Crippen LogP contribution in [0.2, 0.25) is 0 Å². The highest BCUT2D eigenvalue weighted by atomic mass is 32.1. The molecule has 0 spiro atoms. The summed E-state index contributed by atoms with van der Waals surface area (Å²) in [7, 11) is 0. The van der Waals surface area contributed by atoms with Gasteiger partial charge in [-0.2, -0.15) is 0 Å². The minimum Gasteiger partial charge on any atom is -0.507 e. The van der Waals surface area contributed by atoms with Gasteiger partial charge in [-0.05, 0) is 36.0 Å². The van der Waals surface area contributed by atoms with Gasteiger partial charge in [0, 0.05) is 23.1 Å². The molecule has 1 aromatic heterocycles. The van der Waals surface area contributed by atoms with Crippen LogP contribution in [0.3, 0.4) is 0 Å². The number of rotatable bonds is 4. The molecule has 0 atom stereocenters. The standard InChI is InChI=1S/C21H20N2OS/c1-21(17-8-3-2-4-9-17)11-16(12-21)18-14-25-20(23-18)22-13-15-7-5-6-10-19(15)24/h2-10,13-14,16,24H,11-12H2,1H3. The zero-order valence-corrected chi connectivity index (χ0v) is 14.9. The highest BCUT2D eigenvalue weighted by molar-refractivity contribution is 7.13. The van der Waals surface area contributed by atoms with E-state index in [9.17, 15) is 5.11 Å². The molecule has 2 aromatic carbocycles. The van der Waals surface area contributed by atoms with E-state index in [4.69, 9.17) is 0 Å². The van der Waals surface area contributed by atoms with Crippen molar-refractivity contribution >= 4 is 22.7 Å². The molecule has 4 rings (SSSR count). The molecule has 126 valence electrons. The van der Waals surface area contributed by atoms with Crippen LogP contribution in [0, 0.1) is 0 Å². The van der Waals surface area contributed by atoms with Crippen molar-refractivity contribution in [3.8, 4) is 5.75 Å². The molecule has 4 heteroatoms. The Balaban J connectivity index is 1.44. The van der Waals surface area contributed by atoms with Gasteiger partial charge in [0.05, 0.1) is 5.69 Å². The number of phenols is 1. The van der Waals surface area contributed by atoms with Gasteiger partial charge in [-0.25, -0.2) is 9.98 Å². The van der Waals surface area contributed by atoms with Crippen LogP contribution in [0.25, 0.3) is 0 Å². The Hall–Kier alpha value is -2.46. The van der Waals surface area contributed by atoms with E-state index in [1.807, 2.05) is 12.1 Å². The van der Waals surface area contributed by atoms with Crippen molar-refractivity contribution in [1.82, 2.24) is 4.98 Å². The molecule has 0 unspecified atom stereocenters. The summed E-state index contributed by atoms with van der Waals surface area (Å²) in [5.41, 5.74) is 3.52. The molecule has 0 saturated heterocycles. The maximum atomic E-state index is 9.79. The number of aromatic nitrogens is 1. The summed E-state index contributed by atoms with van der Waals surface area (Å²) in [5.74, 6) is 0.746. The van der Waals surface area contributed by atoms with Gasteiger partial charge in [0.2, 0.25) is 5.13 Å². The van der Waals surface area contributed by atoms with E-state index in [1.165, 1.54) is 5.56 Å². The Morgan fingerprint density at radius 1 is 1.12 bits per heavy atom. The molecule has 1 fully saturated rings. The molecule has 25 heavy (non-hydrogen) atoms. The fraction of sp³-hybridized carbons (Fsp3) is 0.238. The second-order valence-electron chi connectivity index (χ2n) is 6.90. The van der Waals surface area contributed by atoms with Crippen LogP contribution >= 0.6 is 11.3 Å². The smallest absolute Gasteiger partial charge is 0.209 e. The van der Waals surface area contributed by atoms with Gasteiger partial charge in [0.1, 0.15) is 5.75 Å². The quantitative estimate of drug-likeness (QED) is 0.639. The summed E-state index contributed by atoms with van der Waals surface area (Å²) in [6.45, 7) is 2.34. The van der Waals surface area contributed by atoms with Gasteiger partial charge in [0.25, 0.3) is 0 Å². The minimum atomic E-state index is 0.237. The zero-order valence-electron chi connectivity index (χ0n) is 14.1. The predicted octanol–water partition coefficient (Wildman–Crippen LogP) is 5.43. The summed E-state index contributed by atoms with van der Waals surface area (Å²) >= 11 is 1.56. The molecule has 0 bridgehead atoms. The third-order valence-corrected chi connectivity index (χ3v) is 5.81.